The lowest BCUT2D eigenvalue weighted by molar-refractivity contribution is -0.136. The van der Waals surface area contributed by atoms with Crippen molar-refractivity contribution in [2.75, 3.05) is 11.9 Å². The van der Waals surface area contributed by atoms with Gasteiger partial charge in [-0.3, -0.25) is 4.79 Å². The number of carboxylic acids is 1. The van der Waals surface area contributed by atoms with Crippen LogP contribution in [-0.2, 0) is 17.8 Å². The Kier molecular flexibility index (Phi) is 5.21. The summed E-state index contributed by atoms with van der Waals surface area (Å²) in [5.41, 5.74) is 2.85. The number of carbonyl (C=O) groups is 1. The van der Waals surface area contributed by atoms with Gasteiger partial charge in [0.25, 0.3) is 0 Å². The van der Waals surface area contributed by atoms with Gasteiger partial charge in [-0.05, 0) is 30.2 Å². The maximum absolute atomic E-state index is 10.6. The quantitative estimate of drug-likeness (QED) is 0.819. The summed E-state index contributed by atoms with van der Waals surface area (Å²) in [6.45, 7) is 3.25. The second kappa shape index (κ2) is 7.33. The van der Waals surface area contributed by atoms with E-state index < -0.39 is 5.97 Å². The first-order chi connectivity index (χ1) is 10.2. The van der Waals surface area contributed by atoms with E-state index >= 15 is 0 Å². The number of anilines is 1. The van der Waals surface area contributed by atoms with Gasteiger partial charge in [-0.2, -0.15) is 0 Å². The van der Waals surface area contributed by atoms with Crippen molar-refractivity contribution >= 4 is 11.7 Å². The Morgan fingerprint density at radius 3 is 2.43 bits per heavy atom. The Hall–Kier alpha value is -2.49. The molecule has 21 heavy (non-hydrogen) atoms. The molecule has 2 rings (SSSR count). The first-order valence-electron chi connectivity index (χ1n) is 6.94. The van der Waals surface area contributed by atoms with Gasteiger partial charge in [-0.25, -0.2) is 0 Å². The van der Waals surface area contributed by atoms with Crippen molar-refractivity contribution in [2.45, 2.75) is 19.9 Å². The predicted octanol–water partition coefficient (Wildman–Crippen LogP) is 3.32. The number of carboxylic acid groups (broad SMARTS) is 1. The highest BCUT2D eigenvalue weighted by Gasteiger charge is 2.03. The molecule has 0 aromatic heterocycles. The molecule has 0 aliphatic rings. The van der Waals surface area contributed by atoms with Gasteiger partial charge in [0.1, 0.15) is 5.75 Å². The number of nitrogens with one attached hydrogen (secondary N) is 1. The van der Waals surface area contributed by atoms with Crippen LogP contribution in [0.5, 0.6) is 5.75 Å². The minimum atomic E-state index is -0.813. The number of ether oxygens (including phenoxy) is 1. The van der Waals surface area contributed by atoms with Gasteiger partial charge >= 0.3 is 5.97 Å². The summed E-state index contributed by atoms with van der Waals surface area (Å²) in [5, 5.41) is 12.1. The Labute approximate surface area is 124 Å². The summed E-state index contributed by atoms with van der Waals surface area (Å²) >= 11 is 0. The van der Waals surface area contributed by atoms with Crippen molar-refractivity contribution in [3.63, 3.8) is 0 Å². The molecule has 0 unspecified atom stereocenters. The molecular weight excluding hydrogens is 266 g/mol. The molecule has 4 nitrogen and oxygen atoms in total. The van der Waals surface area contributed by atoms with Crippen LogP contribution in [0.3, 0.4) is 0 Å². The average Bonchev–Trinajstić information content (AvgIpc) is 2.48. The molecule has 2 aromatic carbocycles. The van der Waals surface area contributed by atoms with Crippen LogP contribution >= 0.6 is 0 Å². The molecule has 110 valence electrons. The Morgan fingerprint density at radius 2 is 1.76 bits per heavy atom. The molecule has 0 radical (unpaired) electrons. The summed E-state index contributed by atoms with van der Waals surface area (Å²) < 4.78 is 5.56. The molecule has 0 fully saturated rings. The van der Waals surface area contributed by atoms with Crippen LogP contribution in [0.1, 0.15) is 18.1 Å². The van der Waals surface area contributed by atoms with Crippen LogP contribution in [0.25, 0.3) is 0 Å². The van der Waals surface area contributed by atoms with E-state index in [-0.39, 0.29) is 6.42 Å². The van der Waals surface area contributed by atoms with Crippen molar-refractivity contribution in [1.29, 1.82) is 0 Å². The van der Waals surface area contributed by atoms with Gasteiger partial charge in [-0.15, -0.1) is 0 Å². The molecule has 0 amide bonds. The standard InChI is InChI=1S/C17H19NO3/c1-2-21-16-6-4-3-5-15(16)18-12-14-9-7-13(8-10-14)11-17(19)20/h3-10,18H,2,11-12H2,1H3,(H,19,20). The van der Waals surface area contributed by atoms with Crippen LogP contribution in [0.15, 0.2) is 48.5 Å². The second-order valence-corrected chi connectivity index (χ2v) is 4.67. The zero-order valence-corrected chi connectivity index (χ0v) is 12.0. The number of rotatable bonds is 7. The normalized spacial score (nSPS) is 10.1. The fourth-order valence-corrected chi connectivity index (χ4v) is 2.04. The van der Waals surface area contributed by atoms with Gasteiger partial charge in [0.15, 0.2) is 0 Å². The van der Waals surface area contributed by atoms with E-state index in [4.69, 9.17) is 9.84 Å². The topological polar surface area (TPSA) is 58.6 Å². The molecule has 0 heterocycles. The van der Waals surface area contributed by atoms with Crippen LogP contribution in [0.4, 0.5) is 5.69 Å². The molecule has 0 saturated heterocycles. The zero-order chi connectivity index (χ0) is 15.1. The van der Waals surface area contributed by atoms with Crippen molar-refractivity contribution in [1.82, 2.24) is 0 Å². The average molecular weight is 285 g/mol. The smallest absolute Gasteiger partial charge is 0.307 e. The van der Waals surface area contributed by atoms with E-state index in [9.17, 15) is 4.79 Å². The van der Waals surface area contributed by atoms with Crippen molar-refractivity contribution < 1.29 is 14.6 Å². The minimum Gasteiger partial charge on any atom is -0.492 e. The Bertz CT molecular complexity index is 593. The fraction of sp³-hybridized carbons (Fsp3) is 0.235. The lowest BCUT2D eigenvalue weighted by Gasteiger charge is -2.12. The van der Waals surface area contributed by atoms with Crippen molar-refractivity contribution in [3.05, 3.63) is 59.7 Å². The minimum absolute atomic E-state index is 0.0564. The monoisotopic (exact) mass is 285 g/mol. The first kappa shape index (κ1) is 14.9. The first-order valence-corrected chi connectivity index (χ1v) is 6.94. The molecule has 0 aliphatic carbocycles. The Balaban J connectivity index is 1.98. The lowest BCUT2D eigenvalue weighted by atomic mass is 10.1. The van der Waals surface area contributed by atoms with Crippen LogP contribution in [0.2, 0.25) is 0 Å². The molecule has 4 heteroatoms. The molecule has 2 aromatic rings. The SMILES string of the molecule is CCOc1ccccc1NCc1ccc(CC(=O)O)cc1. The summed E-state index contributed by atoms with van der Waals surface area (Å²) in [5.74, 6) is 0.0222. The highest BCUT2D eigenvalue weighted by atomic mass is 16.5. The third-order valence-electron chi connectivity index (χ3n) is 3.05. The van der Waals surface area contributed by atoms with E-state index in [2.05, 4.69) is 5.32 Å². The third kappa shape index (κ3) is 4.53. The molecule has 0 saturated carbocycles. The van der Waals surface area contributed by atoms with Gasteiger partial charge in [-0.1, -0.05) is 36.4 Å². The van der Waals surface area contributed by atoms with Gasteiger partial charge < -0.3 is 15.2 Å². The Morgan fingerprint density at radius 1 is 1.10 bits per heavy atom. The highest BCUT2D eigenvalue weighted by molar-refractivity contribution is 5.70. The zero-order valence-electron chi connectivity index (χ0n) is 12.0. The van der Waals surface area contributed by atoms with Crippen LogP contribution in [-0.4, -0.2) is 17.7 Å². The summed E-state index contributed by atoms with van der Waals surface area (Å²) in [6.07, 6.45) is 0.0564. The predicted molar refractivity (Wildman–Crippen MR) is 82.7 cm³/mol. The number of benzene rings is 2. The second-order valence-electron chi connectivity index (χ2n) is 4.67. The van der Waals surface area contributed by atoms with E-state index in [0.717, 1.165) is 22.6 Å². The summed E-state index contributed by atoms with van der Waals surface area (Å²) in [6, 6.07) is 15.4. The fourth-order valence-electron chi connectivity index (χ4n) is 2.04. The van der Waals surface area contributed by atoms with Crippen molar-refractivity contribution in [3.8, 4) is 5.75 Å². The number of para-hydroxylation sites is 2. The molecule has 0 bridgehead atoms. The summed E-state index contributed by atoms with van der Waals surface area (Å²) in [7, 11) is 0. The van der Waals surface area contributed by atoms with E-state index in [1.165, 1.54) is 0 Å². The molecule has 0 atom stereocenters. The van der Waals surface area contributed by atoms with E-state index in [0.29, 0.717) is 13.2 Å². The highest BCUT2D eigenvalue weighted by Crippen LogP contribution is 2.24. The summed E-state index contributed by atoms with van der Waals surface area (Å²) in [4.78, 5) is 10.6. The molecular formula is C17H19NO3. The molecule has 0 spiro atoms. The lowest BCUT2D eigenvalue weighted by Crippen LogP contribution is -2.03. The molecule has 0 aliphatic heterocycles. The van der Waals surface area contributed by atoms with Crippen molar-refractivity contribution in [2.24, 2.45) is 0 Å². The van der Waals surface area contributed by atoms with E-state index in [1.807, 2.05) is 55.5 Å². The third-order valence-corrected chi connectivity index (χ3v) is 3.05. The van der Waals surface area contributed by atoms with Gasteiger partial charge in [0.05, 0.1) is 18.7 Å². The maximum Gasteiger partial charge on any atom is 0.307 e. The number of hydrogen-bond donors (Lipinski definition) is 2. The number of hydrogen-bond acceptors (Lipinski definition) is 3. The maximum atomic E-state index is 10.6. The van der Waals surface area contributed by atoms with Crippen LogP contribution in [0, 0.1) is 0 Å². The largest absolute Gasteiger partial charge is 0.492 e. The number of aliphatic carboxylic acids is 1. The van der Waals surface area contributed by atoms with Crippen LogP contribution < -0.4 is 10.1 Å². The van der Waals surface area contributed by atoms with Gasteiger partial charge in [0.2, 0.25) is 0 Å². The molecule has 2 N–H and O–H groups in total. The van der Waals surface area contributed by atoms with E-state index in [1.54, 1.807) is 0 Å². The van der Waals surface area contributed by atoms with Gasteiger partial charge in [0, 0.05) is 6.54 Å².